The number of carbonyl (C=O) groups excluding carboxylic acids is 2. The predicted octanol–water partition coefficient (Wildman–Crippen LogP) is -0.166. The highest BCUT2D eigenvalue weighted by molar-refractivity contribution is 5.86. The van der Waals surface area contributed by atoms with Crippen LogP contribution in [0.3, 0.4) is 0 Å². The first-order valence-electron chi connectivity index (χ1n) is 5.68. The van der Waals surface area contributed by atoms with Gasteiger partial charge in [-0.3, -0.25) is 14.4 Å². The molecule has 0 spiro atoms. The van der Waals surface area contributed by atoms with Crippen LogP contribution in [0.15, 0.2) is 0 Å². The molecule has 0 aliphatic carbocycles. The molecule has 1 aliphatic heterocycles. The molecule has 0 bridgehead atoms. The third-order valence-electron chi connectivity index (χ3n) is 2.85. The van der Waals surface area contributed by atoms with E-state index in [0.717, 1.165) is 0 Å². The molecule has 2 N–H and O–H groups in total. The van der Waals surface area contributed by atoms with E-state index in [4.69, 9.17) is 5.11 Å². The van der Waals surface area contributed by atoms with Crippen LogP contribution in [-0.2, 0) is 14.4 Å². The molecule has 2 unspecified atom stereocenters. The molecule has 0 radical (unpaired) electrons. The number of carboxylic acids is 1. The highest BCUT2D eigenvalue weighted by atomic mass is 16.4. The van der Waals surface area contributed by atoms with Crippen molar-refractivity contribution < 1.29 is 19.5 Å². The minimum Gasteiger partial charge on any atom is -0.481 e. The first-order valence-corrected chi connectivity index (χ1v) is 5.68. The number of carbonyl (C=O) groups is 3. The number of aliphatic carboxylic acids is 1. The molecule has 0 aromatic heterocycles. The minimum absolute atomic E-state index is 0.0287. The van der Waals surface area contributed by atoms with Crippen LogP contribution in [0, 0.1) is 5.92 Å². The van der Waals surface area contributed by atoms with E-state index in [0.29, 0.717) is 19.5 Å². The summed E-state index contributed by atoms with van der Waals surface area (Å²) in [5.74, 6) is -1.19. The van der Waals surface area contributed by atoms with Gasteiger partial charge >= 0.3 is 5.97 Å². The first-order chi connectivity index (χ1) is 7.90. The molecule has 1 saturated heterocycles. The van der Waals surface area contributed by atoms with Crippen LogP contribution >= 0.6 is 0 Å². The van der Waals surface area contributed by atoms with Crippen molar-refractivity contribution in [1.82, 2.24) is 10.2 Å². The van der Waals surface area contributed by atoms with Gasteiger partial charge in [0.15, 0.2) is 0 Å². The Morgan fingerprint density at radius 1 is 1.47 bits per heavy atom. The maximum atomic E-state index is 11.9. The number of amides is 2. The highest BCUT2D eigenvalue weighted by Gasteiger charge is 2.30. The standard InChI is InChI=1S/C11H18N2O4/c1-7(12-8(2)14)11(17)13-4-3-9(6-13)5-10(15)16/h7,9H,3-6H2,1-2H3,(H,12,14)(H,15,16). The zero-order valence-corrected chi connectivity index (χ0v) is 10.1. The van der Waals surface area contributed by atoms with Crippen LogP contribution in [0.25, 0.3) is 0 Å². The molecule has 0 aromatic carbocycles. The Kier molecular flexibility index (Phi) is 4.48. The monoisotopic (exact) mass is 242 g/mol. The van der Waals surface area contributed by atoms with E-state index in [1.807, 2.05) is 0 Å². The molecule has 96 valence electrons. The lowest BCUT2D eigenvalue weighted by atomic mass is 10.1. The largest absolute Gasteiger partial charge is 0.481 e. The maximum absolute atomic E-state index is 11.9. The second kappa shape index (κ2) is 5.65. The number of carboxylic acid groups (broad SMARTS) is 1. The Balaban J connectivity index is 2.44. The maximum Gasteiger partial charge on any atom is 0.303 e. The van der Waals surface area contributed by atoms with E-state index in [1.165, 1.54) is 6.92 Å². The van der Waals surface area contributed by atoms with E-state index in [2.05, 4.69) is 5.32 Å². The zero-order valence-electron chi connectivity index (χ0n) is 10.1. The lowest BCUT2D eigenvalue weighted by molar-refractivity contribution is -0.138. The van der Waals surface area contributed by atoms with Gasteiger partial charge in [0.05, 0.1) is 0 Å². The van der Waals surface area contributed by atoms with E-state index in [1.54, 1.807) is 11.8 Å². The van der Waals surface area contributed by atoms with Crippen LogP contribution in [0.4, 0.5) is 0 Å². The number of hydrogen-bond donors (Lipinski definition) is 2. The molecule has 1 rings (SSSR count). The second-order valence-corrected chi connectivity index (χ2v) is 4.46. The SMILES string of the molecule is CC(=O)NC(C)C(=O)N1CCC(CC(=O)O)C1. The van der Waals surface area contributed by atoms with Crippen molar-refractivity contribution in [2.24, 2.45) is 5.92 Å². The fraction of sp³-hybridized carbons (Fsp3) is 0.727. The molecule has 1 fully saturated rings. The van der Waals surface area contributed by atoms with E-state index >= 15 is 0 Å². The van der Waals surface area contributed by atoms with Crippen molar-refractivity contribution in [3.8, 4) is 0 Å². The molecule has 1 heterocycles. The quantitative estimate of drug-likeness (QED) is 0.717. The first kappa shape index (κ1) is 13.5. The van der Waals surface area contributed by atoms with Gasteiger partial charge in [-0.05, 0) is 19.3 Å². The molecular formula is C11H18N2O4. The van der Waals surface area contributed by atoms with E-state index < -0.39 is 12.0 Å². The number of hydrogen-bond acceptors (Lipinski definition) is 3. The molecule has 1 aliphatic rings. The molecular weight excluding hydrogens is 224 g/mol. The Hall–Kier alpha value is -1.59. The van der Waals surface area contributed by atoms with E-state index in [9.17, 15) is 14.4 Å². The van der Waals surface area contributed by atoms with Gasteiger partial charge in [-0.1, -0.05) is 0 Å². The van der Waals surface area contributed by atoms with Gasteiger partial charge in [-0.15, -0.1) is 0 Å². The Bertz CT molecular complexity index is 329. The van der Waals surface area contributed by atoms with Crippen molar-refractivity contribution in [1.29, 1.82) is 0 Å². The summed E-state index contributed by atoms with van der Waals surface area (Å²) in [5, 5.41) is 11.2. The highest BCUT2D eigenvalue weighted by Crippen LogP contribution is 2.20. The molecule has 2 amide bonds. The molecule has 0 saturated carbocycles. The summed E-state index contributed by atoms with van der Waals surface area (Å²) in [4.78, 5) is 34.9. The fourth-order valence-corrected chi connectivity index (χ4v) is 2.09. The summed E-state index contributed by atoms with van der Waals surface area (Å²) < 4.78 is 0. The van der Waals surface area contributed by atoms with Gasteiger partial charge in [0.2, 0.25) is 11.8 Å². The van der Waals surface area contributed by atoms with Crippen LogP contribution < -0.4 is 5.32 Å². The van der Waals surface area contributed by atoms with Crippen molar-refractivity contribution in [2.45, 2.75) is 32.7 Å². The van der Waals surface area contributed by atoms with Crippen LogP contribution in [0.2, 0.25) is 0 Å². The Morgan fingerprint density at radius 3 is 2.65 bits per heavy atom. The van der Waals surface area contributed by atoms with Crippen molar-refractivity contribution in [2.75, 3.05) is 13.1 Å². The number of nitrogens with one attached hydrogen (secondary N) is 1. The topological polar surface area (TPSA) is 86.7 Å². The fourth-order valence-electron chi connectivity index (χ4n) is 2.09. The Labute approximate surface area is 100.0 Å². The lowest BCUT2D eigenvalue weighted by Crippen LogP contribution is -2.45. The van der Waals surface area contributed by atoms with Crippen molar-refractivity contribution in [3.63, 3.8) is 0 Å². The summed E-state index contributed by atoms with van der Waals surface area (Å²) in [6.45, 7) is 4.03. The smallest absolute Gasteiger partial charge is 0.303 e. The van der Waals surface area contributed by atoms with Gasteiger partial charge in [0.25, 0.3) is 0 Å². The molecule has 0 aromatic rings. The third-order valence-corrected chi connectivity index (χ3v) is 2.85. The second-order valence-electron chi connectivity index (χ2n) is 4.46. The minimum atomic E-state index is -0.834. The summed E-state index contributed by atoms with van der Waals surface area (Å²) in [6, 6.07) is -0.545. The molecule has 6 nitrogen and oxygen atoms in total. The molecule has 17 heavy (non-hydrogen) atoms. The van der Waals surface area contributed by atoms with Crippen LogP contribution in [-0.4, -0.2) is 46.9 Å². The number of likely N-dealkylation sites (tertiary alicyclic amines) is 1. The van der Waals surface area contributed by atoms with E-state index in [-0.39, 0.29) is 24.2 Å². The van der Waals surface area contributed by atoms with Crippen molar-refractivity contribution >= 4 is 17.8 Å². The average molecular weight is 242 g/mol. The van der Waals surface area contributed by atoms with Crippen LogP contribution in [0.1, 0.15) is 26.7 Å². The van der Waals surface area contributed by atoms with Gasteiger partial charge in [-0.2, -0.15) is 0 Å². The summed E-state index contributed by atoms with van der Waals surface area (Å²) in [6.07, 6.45) is 0.809. The normalized spacial score (nSPS) is 21.1. The molecule has 6 heteroatoms. The molecule has 2 atom stereocenters. The predicted molar refractivity (Wildman–Crippen MR) is 60.2 cm³/mol. The zero-order chi connectivity index (χ0) is 13.0. The van der Waals surface area contributed by atoms with Gasteiger partial charge in [-0.25, -0.2) is 0 Å². The number of nitrogens with zero attached hydrogens (tertiary/aromatic N) is 1. The summed E-state index contributed by atoms with van der Waals surface area (Å²) in [5.41, 5.74) is 0. The van der Waals surface area contributed by atoms with Gasteiger partial charge in [0, 0.05) is 26.4 Å². The number of rotatable bonds is 4. The van der Waals surface area contributed by atoms with Crippen LogP contribution in [0.5, 0.6) is 0 Å². The Morgan fingerprint density at radius 2 is 2.12 bits per heavy atom. The van der Waals surface area contributed by atoms with Gasteiger partial charge < -0.3 is 15.3 Å². The summed E-state index contributed by atoms with van der Waals surface area (Å²) >= 11 is 0. The summed E-state index contributed by atoms with van der Waals surface area (Å²) in [7, 11) is 0. The van der Waals surface area contributed by atoms with Gasteiger partial charge in [0.1, 0.15) is 6.04 Å². The van der Waals surface area contributed by atoms with Crippen molar-refractivity contribution in [3.05, 3.63) is 0 Å². The third kappa shape index (κ3) is 4.05. The lowest BCUT2D eigenvalue weighted by Gasteiger charge is -2.21. The average Bonchev–Trinajstić information content (AvgIpc) is 2.62.